The number of benzene rings is 3. The molecule has 0 saturated carbocycles. The van der Waals surface area contributed by atoms with Crippen molar-refractivity contribution in [3.05, 3.63) is 94.8 Å². The maximum Gasteiger partial charge on any atom is 0.255 e. The highest BCUT2D eigenvalue weighted by molar-refractivity contribution is 6.05. The predicted molar refractivity (Wildman–Crippen MR) is 132 cm³/mol. The molecule has 8 nitrogen and oxygen atoms in total. The van der Waals surface area contributed by atoms with Crippen molar-refractivity contribution in [3.63, 3.8) is 0 Å². The Kier molecular flexibility index (Phi) is 5.48. The number of imidazole rings is 1. The molecule has 36 heavy (non-hydrogen) atoms. The highest BCUT2D eigenvalue weighted by Gasteiger charge is 2.40. The third-order valence-electron chi connectivity index (χ3n) is 6.77. The number of carbonyl (C=O) groups is 3. The number of H-pyrrole nitrogens is 1. The van der Waals surface area contributed by atoms with E-state index < -0.39 is 11.9 Å². The van der Waals surface area contributed by atoms with E-state index in [1.165, 1.54) is 4.90 Å². The van der Waals surface area contributed by atoms with Gasteiger partial charge in [-0.2, -0.15) is 0 Å². The second-order valence-corrected chi connectivity index (χ2v) is 9.16. The third kappa shape index (κ3) is 4.11. The molecular weight excluding hydrogens is 456 g/mol. The van der Waals surface area contributed by atoms with Crippen LogP contribution < -0.4 is 10.1 Å². The van der Waals surface area contributed by atoms with Crippen LogP contribution in [0.15, 0.2) is 66.7 Å². The van der Waals surface area contributed by atoms with E-state index in [1.807, 2.05) is 42.5 Å². The zero-order valence-corrected chi connectivity index (χ0v) is 19.5. The Morgan fingerprint density at radius 3 is 2.56 bits per heavy atom. The lowest BCUT2D eigenvalue weighted by Crippen LogP contribution is -2.52. The summed E-state index contributed by atoms with van der Waals surface area (Å²) in [5.41, 5.74) is 5.45. The van der Waals surface area contributed by atoms with Crippen LogP contribution in [0.1, 0.15) is 45.7 Å². The molecule has 8 heteroatoms. The lowest BCUT2D eigenvalue weighted by Gasteiger charge is -2.29. The summed E-state index contributed by atoms with van der Waals surface area (Å²) >= 11 is 0. The molecule has 1 saturated heterocycles. The first-order chi connectivity index (χ1) is 17.5. The van der Waals surface area contributed by atoms with Crippen LogP contribution in [0.4, 0.5) is 0 Å². The van der Waals surface area contributed by atoms with Gasteiger partial charge < -0.3 is 14.6 Å². The van der Waals surface area contributed by atoms with Crippen molar-refractivity contribution in [2.24, 2.45) is 0 Å². The number of carbonyl (C=O) groups excluding carboxylic acids is 3. The van der Waals surface area contributed by atoms with Crippen LogP contribution in [0.25, 0.3) is 11.0 Å². The molecule has 1 atom stereocenters. The normalized spacial score (nSPS) is 17.4. The number of hydrogen-bond acceptors (Lipinski definition) is 5. The first kappa shape index (κ1) is 22.0. The van der Waals surface area contributed by atoms with Crippen LogP contribution in [0.5, 0.6) is 5.75 Å². The van der Waals surface area contributed by atoms with Crippen molar-refractivity contribution >= 4 is 28.8 Å². The van der Waals surface area contributed by atoms with Crippen molar-refractivity contribution in [1.82, 2.24) is 20.2 Å². The number of ether oxygens (including phenoxy) is 1. The first-order valence-corrected chi connectivity index (χ1v) is 12.0. The van der Waals surface area contributed by atoms with Crippen molar-refractivity contribution in [3.8, 4) is 5.75 Å². The van der Waals surface area contributed by atoms with Gasteiger partial charge in [-0.1, -0.05) is 42.5 Å². The molecule has 1 unspecified atom stereocenters. The Morgan fingerprint density at radius 2 is 1.75 bits per heavy atom. The van der Waals surface area contributed by atoms with Gasteiger partial charge in [-0.3, -0.25) is 19.7 Å². The van der Waals surface area contributed by atoms with Gasteiger partial charge >= 0.3 is 0 Å². The zero-order valence-electron chi connectivity index (χ0n) is 19.5. The monoisotopic (exact) mass is 480 g/mol. The van der Waals surface area contributed by atoms with Crippen LogP contribution in [-0.4, -0.2) is 38.6 Å². The van der Waals surface area contributed by atoms with Crippen molar-refractivity contribution in [1.29, 1.82) is 0 Å². The fraction of sp³-hybridized carbons (Fsp3) is 0.214. The van der Waals surface area contributed by atoms with Gasteiger partial charge in [0.2, 0.25) is 11.8 Å². The Balaban J connectivity index is 1.12. The number of aromatic amines is 1. The van der Waals surface area contributed by atoms with Crippen molar-refractivity contribution < 1.29 is 19.1 Å². The Hall–Kier alpha value is -4.46. The van der Waals surface area contributed by atoms with Gasteiger partial charge in [-0.05, 0) is 41.8 Å². The lowest BCUT2D eigenvalue weighted by molar-refractivity contribution is -0.136. The molecule has 0 radical (unpaired) electrons. The van der Waals surface area contributed by atoms with Crippen LogP contribution in [0.3, 0.4) is 0 Å². The molecule has 0 bridgehead atoms. The minimum absolute atomic E-state index is 0.208. The van der Waals surface area contributed by atoms with Gasteiger partial charge in [0.15, 0.2) is 0 Å². The predicted octanol–water partition coefficient (Wildman–Crippen LogP) is 3.49. The van der Waals surface area contributed by atoms with E-state index in [1.54, 1.807) is 12.1 Å². The van der Waals surface area contributed by atoms with Gasteiger partial charge in [0.1, 0.15) is 24.2 Å². The largest absolute Gasteiger partial charge is 0.489 e. The highest BCUT2D eigenvalue weighted by atomic mass is 16.5. The Morgan fingerprint density at radius 1 is 0.944 bits per heavy atom. The molecule has 4 aromatic rings. The smallest absolute Gasteiger partial charge is 0.255 e. The van der Waals surface area contributed by atoms with E-state index in [9.17, 15) is 14.4 Å². The van der Waals surface area contributed by atoms with Gasteiger partial charge in [-0.15, -0.1) is 0 Å². The Labute approximate surface area is 207 Å². The minimum Gasteiger partial charge on any atom is -0.489 e. The first-order valence-electron chi connectivity index (χ1n) is 12.0. The van der Waals surface area contributed by atoms with E-state index in [0.29, 0.717) is 30.8 Å². The number of nitrogens with zero attached hydrogens (tertiary/aromatic N) is 2. The van der Waals surface area contributed by atoms with E-state index in [-0.39, 0.29) is 24.8 Å². The maximum atomic E-state index is 13.0. The summed E-state index contributed by atoms with van der Waals surface area (Å²) in [5, 5.41) is 2.33. The average Bonchev–Trinajstić information content (AvgIpc) is 3.44. The second kappa shape index (κ2) is 8.96. The van der Waals surface area contributed by atoms with Gasteiger partial charge in [0.05, 0.1) is 17.6 Å². The number of aromatic nitrogens is 2. The summed E-state index contributed by atoms with van der Waals surface area (Å²) < 4.78 is 6.11. The Bertz CT molecular complexity index is 1460. The number of nitrogens with one attached hydrogen (secondary N) is 2. The topological polar surface area (TPSA) is 104 Å². The molecule has 3 amide bonds. The van der Waals surface area contributed by atoms with E-state index >= 15 is 0 Å². The summed E-state index contributed by atoms with van der Waals surface area (Å²) in [4.78, 5) is 46.3. The zero-order chi connectivity index (χ0) is 24.6. The standard InChI is InChI=1S/C28H24N4O4/c33-26-13-12-23(27(34)31-26)32-15-20-19(28(32)35)4-3-7-24(20)36-16-18-10-8-17(9-11-18)14-25-29-21-5-1-2-6-22(21)30-25/h1-11,23H,12-16H2,(H,29,30)(H,31,33,34). The molecule has 2 aliphatic heterocycles. The molecule has 6 rings (SSSR count). The number of piperidine rings is 1. The van der Waals surface area contributed by atoms with Crippen molar-refractivity contribution in [2.45, 2.75) is 38.5 Å². The van der Waals surface area contributed by atoms with Gasteiger partial charge in [-0.25, -0.2) is 4.98 Å². The number of fused-ring (bicyclic) bond motifs is 2. The second-order valence-electron chi connectivity index (χ2n) is 9.16. The molecule has 3 aromatic carbocycles. The summed E-state index contributed by atoms with van der Waals surface area (Å²) in [5.74, 6) is 0.623. The van der Waals surface area contributed by atoms with E-state index in [4.69, 9.17) is 4.74 Å². The fourth-order valence-electron chi connectivity index (χ4n) is 4.89. The van der Waals surface area contributed by atoms with Crippen LogP contribution in [0.2, 0.25) is 0 Å². The summed E-state index contributed by atoms with van der Waals surface area (Å²) in [6.07, 6.45) is 1.27. The van der Waals surface area contributed by atoms with E-state index in [2.05, 4.69) is 27.4 Å². The molecule has 2 N–H and O–H groups in total. The number of para-hydroxylation sites is 2. The van der Waals surface area contributed by atoms with Gasteiger partial charge in [0, 0.05) is 24.0 Å². The molecule has 180 valence electrons. The SMILES string of the molecule is O=C1CCC(N2Cc3c(OCc4ccc(Cc5nc6ccccc6[nH]5)cc4)cccc3C2=O)C(=O)N1. The summed E-state index contributed by atoms with van der Waals surface area (Å²) in [7, 11) is 0. The number of rotatable bonds is 6. The molecule has 1 aromatic heterocycles. The molecule has 0 spiro atoms. The molecular formula is C28H24N4O4. The van der Waals surface area contributed by atoms with Crippen LogP contribution in [0, 0.1) is 0 Å². The molecule has 0 aliphatic carbocycles. The number of imide groups is 1. The average molecular weight is 481 g/mol. The number of hydrogen-bond donors (Lipinski definition) is 2. The minimum atomic E-state index is -0.644. The molecule has 3 heterocycles. The van der Waals surface area contributed by atoms with Crippen LogP contribution in [-0.2, 0) is 29.2 Å². The highest BCUT2D eigenvalue weighted by Crippen LogP contribution is 2.34. The van der Waals surface area contributed by atoms with E-state index in [0.717, 1.165) is 33.5 Å². The maximum absolute atomic E-state index is 13.0. The molecule has 2 aliphatic rings. The fourth-order valence-corrected chi connectivity index (χ4v) is 4.89. The van der Waals surface area contributed by atoms with Crippen molar-refractivity contribution in [2.75, 3.05) is 0 Å². The molecule has 1 fully saturated rings. The van der Waals surface area contributed by atoms with Gasteiger partial charge in [0.25, 0.3) is 5.91 Å². The summed E-state index contributed by atoms with van der Waals surface area (Å²) in [6, 6.07) is 20.9. The third-order valence-corrected chi connectivity index (χ3v) is 6.77. The van der Waals surface area contributed by atoms with Crippen LogP contribution >= 0.6 is 0 Å². The quantitative estimate of drug-likeness (QED) is 0.411. The lowest BCUT2D eigenvalue weighted by atomic mass is 10.0. The number of amides is 3. The summed E-state index contributed by atoms with van der Waals surface area (Å²) in [6.45, 7) is 0.640.